The minimum atomic E-state index is 0.793. The zero-order valence-corrected chi connectivity index (χ0v) is 6.36. The molecule has 0 amide bonds. The Balaban J connectivity index is 2.15. The molecule has 0 atom stereocenters. The Labute approximate surface area is 69.6 Å². The predicted molar refractivity (Wildman–Crippen MR) is 46.1 cm³/mol. The van der Waals surface area contributed by atoms with Crippen LogP contribution in [0.25, 0.3) is 0 Å². The van der Waals surface area contributed by atoms with Crippen molar-refractivity contribution >= 4 is 11.5 Å². The molecule has 0 saturated carbocycles. The Kier molecular flexibility index (Phi) is 1.74. The third kappa shape index (κ3) is 1.42. The molecular formula is C8H8N4. The Bertz CT molecular complexity index is 327. The van der Waals surface area contributed by atoms with Crippen molar-refractivity contribution in [3.63, 3.8) is 0 Å². The Morgan fingerprint density at radius 3 is 2.67 bits per heavy atom. The molecule has 2 rings (SSSR count). The van der Waals surface area contributed by atoms with Gasteiger partial charge >= 0.3 is 0 Å². The lowest BCUT2D eigenvalue weighted by molar-refractivity contribution is 0.942. The van der Waals surface area contributed by atoms with E-state index in [4.69, 9.17) is 0 Å². The summed E-state index contributed by atoms with van der Waals surface area (Å²) in [5, 5.41) is 13.0. The third-order valence-corrected chi connectivity index (χ3v) is 1.47. The van der Waals surface area contributed by atoms with Crippen molar-refractivity contribution in [2.75, 3.05) is 5.32 Å². The number of nitrogens with zero attached hydrogens (tertiary/aromatic N) is 2. The largest absolute Gasteiger partial charge is 0.339 e. The number of anilines is 2. The fourth-order valence-electron chi connectivity index (χ4n) is 0.935. The van der Waals surface area contributed by atoms with Crippen LogP contribution in [-0.4, -0.2) is 15.4 Å². The maximum absolute atomic E-state index is 3.65. The lowest BCUT2D eigenvalue weighted by Crippen LogP contribution is -1.88. The number of benzene rings is 1. The number of hydrogen-bond donors (Lipinski definition) is 2. The molecule has 0 aliphatic heterocycles. The zero-order valence-electron chi connectivity index (χ0n) is 6.36. The van der Waals surface area contributed by atoms with Gasteiger partial charge in [0.2, 0.25) is 0 Å². The van der Waals surface area contributed by atoms with Crippen molar-refractivity contribution in [2.45, 2.75) is 0 Å². The van der Waals surface area contributed by atoms with Crippen LogP contribution in [0.3, 0.4) is 0 Å². The van der Waals surface area contributed by atoms with Crippen molar-refractivity contribution < 1.29 is 0 Å². The summed E-state index contributed by atoms with van der Waals surface area (Å²) in [5.41, 5.74) is 1.02. The second kappa shape index (κ2) is 3.04. The fourth-order valence-corrected chi connectivity index (χ4v) is 0.935. The molecule has 12 heavy (non-hydrogen) atoms. The molecule has 0 aliphatic carbocycles. The highest BCUT2D eigenvalue weighted by molar-refractivity contribution is 5.54. The van der Waals surface area contributed by atoms with E-state index in [9.17, 15) is 0 Å². The van der Waals surface area contributed by atoms with E-state index >= 15 is 0 Å². The van der Waals surface area contributed by atoms with Crippen LogP contribution >= 0.6 is 0 Å². The average Bonchev–Trinajstić information content (AvgIpc) is 2.59. The Hall–Kier alpha value is -1.84. The number of H-pyrrole nitrogens is 1. The second-order valence-electron chi connectivity index (χ2n) is 2.36. The van der Waals surface area contributed by atoms with Gasteiger partial charge in [-0.05, 0) is 12.1 Å². The van der Waals surface area contributed by atoms with Crippen molar-refractivity contribution in [3.05, 3.63) is 36.5 Å². The summed E-state index contributed by atoms with van der Waals surface area (Å²) in [5.74, 6) is 0.793. The SMILES string of the molecule is c1ccc(Nc2cnn[nH]2)cc1. The predicted octanol–water partition coefficient (Wildman–Crippen LogP) is 1.55. The van der Waals surface area contributed by atoms with Gasteiger partial charge in [-0.15, -0.1) is 5.10 Å². The maximum Gasteiger partial charge on any atom is 0.146 e. The summed E-state index contributed by atoms with van der Waals surface area (Å²) in [6.07, 6.45) is 1.63. The molecule has 0 unspecified atom stereocenters. The van der Waals surface area contributed by atoms with E-state index in [2.05, 4.69) is 20.7 Å². The van der Waals surface area contributed by atoms with Crippen LogP contribution in [0.2, 0.25) is 0 Å². The molecule has 4 nitrogen and oxygen atoms in total. The molecule has 0 aliphatic rings. The first-order chi connectivity index (χ1) is 5.95. The summed E-state index contributed by atoms with van der Waals surface area (Å²) in [4.78, 5) is 0. The smallest absolute Gasteiger partial charge is 0.146 e. The molecule has 2 N–H and O–H groups in total. The van der Waals surface area contributed by atoms with Crippen molar-refractivity contribution in [1.82, 2.24) is 15.4 Å². The lowest BCUT2D eigenvalue weighted by atomic mass is 10.3. The van der Waals surface area contributed by atoms with E-state index < -0.39 is 0 Å². The number of aromatic nitrogens is 3. The van der Waals surface area contributed by atoms with Crippen LogP contribution in [0.4, 0.5) is 11.5 Å². The molecule has 4 heteroatoms. The van der Waals surface area contributed by atoms with Gasteiger partial charge in [-0.25, -0.2) is 5.10 Å². The number of aromatic amines is 1. The summed E-state index contributed by atoms with van der Waals surface area (Å²) in [6, 6.07) is 9.84. The van der Waals surface area contributed by atoms with Crippen LogP contribution in [0.5, 0.6) is 0 Å². The normalized spacial score (nSPS) is 9.67. The summed E-state index contributed by atoms with van der Waals surface area (Å²) >= 11 is 0. The summed E-state index contributed by atoms with van der Waals surface area (Å²) < 4.78 is 0. The van der Waals surface area contributed by atoms with E-state index in [0.717, 1.165) is 11.5 Å². The molecule has 0 saturated heterocycles. The molecule has 1 aromatic heterocycles. The number of hydrogen-bond acceptors (Lipinski definition) is 3. The monoisotopic (exact) mass is 160 g/mol. The quantitative estimate of drug-likeness (QED) is 0.700. The average molecular weight is 160 g/mol. The van der Waals surface area contributed by atoms with Gasteiger partial charge < -0.3 is 5.32 Å². The fraction of sp³-hybridized carbons (Fsp3) is 0. The summed E-state index contributed by atoms with van der Waals surface area (Å²) in [7, 11) is 0. The van der Waals surface area contributed by atoms with Gasteiger partial charge in [0, 0.05) is 5.69 Å². The Morgan fingerprint density at radius 1 is 1.17 bits per heavy atom. The topological polar surface area (TPSA) is 53.6 Å². The number of rotatable bonds is 2. The van der Waals surface area contributed by atoms with E-state index in [1.165, 1.54) is 0 Å². The molecule has 60 valence electrons. The van der Waals surface area contributed by atoms with Gasteiger partial charge in [0.1, 0.15) is 5.82 Å². The van der Waals surface area contributed by atoms with Gasteiger partial charge in [-0.1, -0.05) is 23.4 Å². The molecule has 0 bridgehead atoms. The van der Waals surface area contributed by atoms with Gasteiger partial charge in [0.15, 0.2) is 0 Å². The molecular weight excluding hydrogens is 152 g/mol. The molecule has 0 radical (unpaired) electrons. The number of nitrogens with one attached hydrogen (secondary N) is 2. The first-order valence-electron chi connectivity index (χ1n) is 3.63. The second-order valence-corrected chi connectivity index (χ2v) is 2.36. The molecule has 0 fully saturated rings. The van der Waals surface area contributed by atoms with Gasteiger partial charge in [-0.3, -0.25) is 0 Å². The highest BCUT2D eigenvalue weighted by Gasteiger charge is 1.92. The minimum absolute atomic E-state index is 0.793. The van der Waals surface area contributed by atoms with Gasteiger partial charge in [0.25, 0.3) is 0 Å². The number of para-hydroxylation sites is 1. The van der Waals surface area contributed by atoms with Crippen LogP contribution in [0.15, 0.2) is 36.5 Å². The third-order valence-electron chi connectivity index (χ3n) is 1.47. The van der Waals surface area contributed by atoms with Crippen LogP contribution in [0.1, 0.15) is 0 Å². The van der Waals surface area contributed by atoms with Crippen molar-refractivity contribution in [1.29, 1.82) is 0 Å². The zero-order chi connectivity index (χ0) is 8.23. The minimum Gasteiger partial charge on any atom is -0.339 e. The molecule has 1 aromatic carbocycles. The maximum atomic E-state index is 3.65. The first kappa shape index (κ1) is 6.84. The first-order valence-corrected chi connectivity index (χ1v) is 3.63. The van der Waals surface area contributed by atoms with Crippen LogP contribution in [-0.2, 0) is 0 Å². The lowest BCUT2D eigenvalue weighted by Gasteiger charge is -2.00. The molecule has 1 heterocycles. The van der Waals surface area contributed by atoms with Crippen LogP contribution in [0, 0.1) is 0 Å². The Morgan fingerprint density at radius 2 is 2.00 bits per heavy atom. The van der Waals surface area contributed by atoms with Crippen molar-refractivity contribution in [2.24, 2.45) is 0 Å². The van der Waals surface area contributed by atoms with Crippen LogP contribution < -0.4 is 5.32 Å². The van der Waals surface area contributed by atoms with E-state index in [1.807, 2.05) is 30.3 Å². The highest BCUT2D eigenvalue weighted by Crippen LogP contribution is 2.10. The molecule has 0 spiro atoms. The van der Waals surface area contributed by atoms with Gasteiger partial charge in [-0.2, -0.15) is 0 Å². The van der Waals surface area contributed by atoms with E-state index in [0.29, 0.717) is 0 Å². The molecule has 2 aromatic rings. The summed E-state index contributed by atoms with van der Waals surface area (Å²) in [6.45, 7) is 0. The standard InChI is InChI=1S/C8H8N4/c1-2-4-7(5-3-1)10-8-6-9-12-11-8/h1-6H,(H2,9,10,11,12). The van der Waals surface area contributed by atoms with E-state index in [1.54, 1.807) is 6.20 Å². The van der Waals surface area contributed by atoms with Crippen molar-refractivity contribution in [3.8, 4) is 0 Å². The van der Waals surface area contributed by atoms with Gasteiger partial charge in [0.05, 0.1) is 6.20 Å². The van der Waals surface area contributed by atoms with E-state index in [-0.39, 0.29) is 0 Å². The highest BCUT2D eigenvalue weighted by atomic mass is 15.3.